The van der Waals surface area contributed by atoms with Crippen molar-refractivity contribution < 1.29 is 14.4 Å². The largest absolute Gasteiger partial charge is 0.342 e. The molecule has 2 heterocycles. The molecule has 0 saturated carbocycles. The normalized spacial score (nSPS) is 20.2. The van der Waals surface area contributed by atoms with Crippen molar-refractivity contribution in [2.75, 3.05) is 51.1 Å². The summed E-state index contributed by atoms with van der Waals surface area (Å²) in [5, 5.41) is 2.89. The van der Waals surface area contributed by atoms with Crippen LogP contribution >= 0.6 is 0 Å². The third-order valence-corrected chi connectivity index (χ3v) is 5.87. The first-order valence-electron chi connectivity index (χ1n) is 10.7. The number of anilines is 1. The van der Waals surface area contributed by atoms with Crippen molar-refractivity contribution in [3.8, 4) is 0 Å². The van der Waals surface area contributed by atoms with E-state index in [1.807, 2.05) is 4.90 Å². The summed E-state index contributed by atoms with van der Waals surface area (Å²) in [6.07, 6.45) is 2.26. The van der Waals surface area contributed by atoms with Crippen LogP contribution in [0.3, 0.4) is 0 Å². The molecular weight excluding hydrogens is 368 g/mol. The highest BCUT2D eigenvalue weighted by atomic mass is 16.2. The molecular formula is C22H32N4O3. The van der Waals surface area contributed by atoms with Crippen molar-refractivity contribution in [1.82, 2.24) is 14.7 Å². The summed E-state index contributed by atoms with van der Waals surface area (Å²) in [7, 11) is 0. The van der Waals surface area contributed by atoms with E-state index in [4.69, 9.17) is 0 Å². The van der Waals surface area contributed by atoms with Gasteiger partial charge in [-0.3, -0.25) is 14.4 Å². The molecule has 3 amide bonds. The predicted octanol–water partition coefficient (Wildman–Crippen LogP) is 2.05. The van der Waals surface area contributed by atoms with Crippen LogP contribution in [0.2, 0.25) is 0 Å². The van der Waals surface area contributed by atoms with Gasteiger partial charge in [-0.05, 0) is 37.2 Å². The highest BCUT2D eigenvalue weighted by molar-refractivity contribution is 5.98. The Bertz CT molecular complexity index is 726. The van der Waals surface area contributed by atoms with Gasteiger partial charge in [-0.1, -0.05) is 20.3 Å². The second-order valence-corrected chi connectivity index (χ2v) is 7.89. The fourth-order valence-corrected chi connectivity index (χ4v) is 3.90. The van der Waals surface area contributed by atoms with Crippen LogP contribution in [0.5, 0.6) is 0 Å². The Kier molecular flexibility index (Phi) is 7.25. The van der Waals surface area contributed by atoms with Gasteiger partial charge >= 0.3 is 0 Å². The highest BCUT2D eigenvalue weighted by Crippen LogP contribution is 2.21. The van der Waals surface area contributed by atoms with E-state index in [1.54, 1.807) is 29.2 Å². The summed E-state index contributed by atoms with van der Waals surface area (Å²) in [4.78, 5) is 43.3. The monoisotopic (exact) mass is 400 g/mol. The fraction of sp³-hybridized carbons (Fsp3) is 0.591. The number of nitrogens with one attached hydrogen (secondary N) is 1. The molecule has 2 aliphatic rings. The lowest BCUT2D eigenvalue weighted by molar-refractivity contribution is -0.128. The first-order valence-corrected chi connectivity index (χ1v) is 10.7. The lowest BCUT2D eigenvalue weighted by atomic mass is 10.1. The van der Waals surface area contributed by atoms with Gasteiger partial charge < -0.3 is 20.0 Å². The second kappa shape index (κ2) is 9.87. The lowest BCUT2D eigenvalue weighted by Gasteiger charge is -2.34. The number of unbranched alkanes of at least 4 members (excludes halogenated alkanes) is 1. The second-order valence-electron chi connectivity index (χ2n) is 7.89. The molecule has 1 aromatic carbocycles. The molecule has 1 atom stereocenters. The molecule has 7 nitrogen and oxygen atoms in total. The molecule has 0 radical (unpaired) electrons. The van der Waals surface area contributed by atoms with E-state index in [-0.39, 0.29) is 30.1 Å². The lowest BCUT2D eigenvalue weighted by Crippen LogP contribution is -2.48. The van der Waals surface area contributed by atoms with Gasteiger partial charge in [-0.15, -0.1) is 0 Å². The number of piperazine rings is 1. The van der Waals surface area contributed by atoms with Crippen LogP contribution in [0.25, 0.3) is 0 Å². The summed E-state index contributed by atoms with van der Waals surface area (Å²) in [5.41, 5.74) is 1.29. The molecule has 2 aliphatic heterocycles. The number of likely N-dealkylation sites (N-methyl/N-ethyl adjacent to an activating group) is 1. The van der Waals surface area contributed by atoms with Gasteiger partial charge in [0.2, 0.25) is 11.8 Å². The average Bonchev–Trinajstić information content (AvgIpc) is 3.13. The Morgan fingerprint density at radius 2 is 1.76 bits per heavy atom. The van der Waals surface area contributed by atoms with Crippen LogP contribution in [-0.2, 0) is 9.59 Å². The van der Waals surface area contributed by atoms with Crippen molar-refractivity contribution in [3.05, 3.63) is 29.8 Å². The molecule has 7 heteroatoms. The zero-order chi connectivity index (χ0) is 20.8. The maximum absolute atomic E-state index is 12.7. The standard InChI is InChI=1S/C22H32N4O3/c1-3-5-10-26-16-18(15-20(26)27)21(28)23-19-8-6-17(7-9-19)22(29)25-13-11-24(4-2)12-14-25/h6-9,18H,3-5,10-16H2,1-2H3,(H,23,28)/t18-/m0/s1. The Morgan fingerprint density at radius 1 is 1.07 bits per heavy atom. The quantitative estimate of drug-likeness (QED) is 0.760. The van der Waals surface area contributed by atoms with E-state index in [0.717, 1.165) is 52.1 Å². The molecule has 1 N–H and O–H groups in total. The molecule has 0 unspecified atom stereocenters. The number of hydrogen-bond acceptors (Lipinski definition) is 4. The van der Waals surface area contributed by atoms with Crippen LogP contribution in [0.15, 0.2) is 24.3 Å². The van der Waals surface area contributed by atoms with Crippen molar-refractivity contribution in [3.63, 3.8) is 0 Å². The van der Waals surface area contributed by atoms with Crippen LogP contribution < -0.4 is 5.32 Å². The van der Waals surface area contributed by atoms with E-state index in [0.29, 0.717) is 17.8 Å². The van der Waals surface area contributed by atoms with Crippen LogP contribution in [0.1, 0.15) is 43.5 Å². The SMILES string of the molecule is CCCCN1C[C@@H](C(=O)Nc2ccc(C(=O)N3CCN(CC)CC3)cc2)CC1=O. The number of rotatable bonds is 7. The van der Waals surface area contributed by atoms with Crippen molar-refractivity contribution in [2.45, 2.75) is 33.1 Å². The molecule has 2 saturated heterocycles. The first-order chi connectivity index (χ1) is 14.0. The molecule has 29 heavy (non-hydrogen) atoms. The third kappa shape index (κ3) is 5.35. The zero-order valence-electron chi connectivity index (χ0n) is 17.5. The van der Waals surface area contributed by atoms with Gasteiger partial charge in [0.05, 0.1) is 5.92 Å². The molecule has 158 valence electrons. The summed E-state index contributed by atoms with van der Waals surface area (Å²) < 4.78 is 0. The topological polar surface area (TPSA) is 73.0 Å². The number of hydrogen-bond donors (Lipinski definition) is 1. The van der Waals surface area contributed by atoms with Gasteiger partial charge in [0.25, 0.3) is 5.91 Å². The molecule has 0 aromatic heterocycles. The van der Waals surface area contributed by atoms with E-state index in [2.05, 4.69) is 24.1 Å². The Hall–Kier alpha value is -2.41. The number of carbonyl (C=O) groups is 3. The smallest absolute Gasteiger partial charge is 0.253 e. The minimum Gasteiger partial charge on any atom is -0.342 e. The van der Waals surface area contributed by atoms with Gasteiger partial charge in [0, 0.05) is 56.9 Å². The van der Waals surface area contributed by atoms with E-state index in [9.17, 15) is 14.4 Å². The van der Waals surface area contributed by atoms with E-state index >= 15 is 0 Å². The van der Waals surface area contributed by atoms with Gasteiger partial charge in [-0.25, -0.2) is 0 Å². The Balaban J connectivity index is 1.52. The number of carbonyl (C=O) groups excluding carboxylic acids is 3. The molecule has 0 bridgehead atoms. The molecule has 1 aromatic rings. The Morgan fingerprint density at radius 3 is 2.38 bits per heavy atom. The Labute approximate surface area is 173 Å². The summed E-state index contributed by atoms with van der Waals surface area (Å²) in [5.74, 6) is -0.350. The molecule has 3 rings (SSSR count). The molecule has 0 aliphatic carbocycles. The van der Waals surface area contributed by atoms with Crippen molar-refractivity contribution >= 4 is 23.4 Å². The average molecular weight is 401 g/mol. The van der Waals surface area contributed by atoms with Gasteiger partial charge in [0.1, 0.15) is 0 Å². The van der Waals surface area contributed by atoms with Crippen molar-refractivity contribution in [2.24, 2.45) is 5.92 Å². The maximum Gasteiger partial charge on any atom is 0.253 e. The van der Waals surface area contributed by atoms with E-state index < -0.39 is 0 Å². The van der Waals surface area contributed by atoms with Crippen LogP contribution in [0, 0.1) is 5.92 Å². The number of nitrogens with zero attached hydrogens (tertiary/aromatic N) is 3. The summed E-state index contributed by atoms with van der Waals surface area (Å²) in [6.45, 7) is 9.76. The van der Waals surface area contributed by atoms with Crippen molar-refractivity contribution in [1.29, 1.82) is 0 Å². The highest BCUT2D eigenvalue weighted by Gasteiger charge is 2.33. The summed E-state index contributed by atoms with van der Waals surface area (Å²) in [6, 6.07) is 7.05. The zero-order valence-corrected chi connectivity index (χ0v) is 17.5. The van der Waals surface area contributed by atoms with E-state index in [1.165, 1.54) is 0 Å². The number of benzene rings is 1. The fourth-order valence-electron chi connectivity index (χ4n) is 3.90. The number of likely N-dealkylation sites (tertiary alicyclic amines) is 1. The molecule has 2 fully saturated rings. The van der Waals surface area contributed by atoms with Gasteiger partial charge in [-0.2, -0.15) is 0 Å². The first kappa shape index (κ1) is 21.3. The minimum atomic E-state index is -0.310. The molecule has 0 spiro atoms. The van der Waals surface area contributed by atoms with Gasteiger partial charge in [0.15, 0.2) is 0 Å². The maximum atomic E-state index is 12.7. The number of amides is 3. The minimum absolute atomic E-state index is 0.0339. The van der Waals surface area contributed by atoms with Crippen LogP contribution in [-0.4, -0.2) is 78.2 Å². The third-order valence-electron chi connectivity index (χ3n) is 5.87. The summed E-state index contributed by atoms with van der Waals surface area (Å²) >= 11 is 0. The van der Waals surface area contributed by atoms with Crippen LogP contribution in [0.4, 0.5) is 5.69 Å². The predicted molar refractivity (Wildman–Crippen MR) is 113 cm³/mol.